The summed E-state index contributed by atoms with van der Waals surface area (Å²) in [5, 5.41) is 30.5. The fraction of sp³-hybridized carbons (Fsp3) is 0.375. The van der Waals surface area contributed by atoms with Gasteiger partial charge in [0, 0.05) is 39.4 Å². The van der Waals surface area contributed by atoms with Crippen molar-refractivity contribution < 1.29 is 24.4 Å². The molecule has 4 atom stereocenters. The predicted octanol–water partition coefficient (Wildman–Crippen LogP) is 4.76. The summed E-state index contributed by atoms with van der Waals surface area (Å²) in [5.41, 5.74) is 2.39. The Morgan fingerprint density at radius 2 is 1.94 bits per heavy atom. The van der Waals surface area contributed by atoms with Gasteiger partial charge in [-0.05, 0) is 41.5 Å². The molecule has 32 heavy (non-hydrogen) atoms. The van der Waals surface area contributed by atoms with Crippen molar-refractivity contribution in [3.63, 3.8) is 0 Å². The molecular weight excluding hydrogens is 453 g/mol. The molecule has 172 valence electrons. The molecule has 8 heteroatoms. The van der Waals surface area contributed by atoms with Gasteiger partial charge in [-0.2, -0.15) is 4.39 Å². The van der Waals surface area contributed by atoms with Crippen molar-refractivity contribution in [1.82, 2.24) is 4.98 Å². The van der Waals surface area contributed by atoms with Crippen LogP contribution in [0.1, 0.15) is 42.4 Å². The first-order valence-electron chi connectivity index (χ1n) is 10.6. The van der Waals surface area contributed by atoms with Gasteiger partial charge in [0.2, 0.25) is 5.95 Å². The fourth-order valence-corrected chi connectivity index (χ4v) is 4.80. The van der Waals surface area contributed by atoms with Crippen LogP contribution in [0.5, 0.6) is 0 Å². The second kappa shape index (κ2) is 11.3. The van der Waals surface area contributed by atoms with E-state index in [9.17, 15) is 19.7 Å². The number of thiophene rings is 1. The van der Waals surface area contributed by atoms with Gasteiger partial charge >= 0.3 is 0 Å². The Bertz CT molecular complexity index is 1010. The van der Waals surface area contributed by atoms with Gasteiger partial charge in [-0.25, -0.2) is 4.98 Å². The Hall–Kier alpha value is -1.87. The zero-order valence-electron chi connectivity index (χ0n) is 17.9. The van der Waals surface area contributed by atoms with Gasteiger partial charge < -0.3 is 20.1 Å². The molecule has 1 aromatic carbocycles. The van der Waals surface area contributed by atoms with Crippen LogP contribution in [-0.4, -0.2) is 45.2 Å². The second-order valence-corrected chi connectivity index (χ2v) is 8.89. The molecule has 4 rings (SSSR count). The van der Waals surface area contributed by atoms with E-state index in [4.69, 9.17) is 16.3 Å². The van der Waals surface area contributed by atoms with Gasteiger partial charge in [-0.1, -0.05) is 37.6 Å². The number of benzene rings is 1. The lowest BCUT2D eigenvalue weighted by molar-refractivity contribution is -0.179. The number of nitrogens with zero attached hydrogens (tertiary/aromatic N) is 1. The summed E-state index contributed by atoms with van der Waals surface area (Å²) < 4.78 is 18.8. The summed E-state index contributed by atoms with van der Waals surface area (Å²) in [6.45, 7) is 3.77. The Balaban J connectivity index is 0.00000141. The van der Waals surface area contributed by atoms with Crippen molar-refractivity contribution in [3.8, 4) is 10.4 Å². The molecule has 0 bridgehead atoms. The summed E-state index contributed by atoms with van der Waals surface area (Å²) in [5.74, 6) is -0.514. The van der Waals surface area contributed by atoms with E-state index in [1.807, 2.05) is 32.0 Å². The molecule has 0 aliphatic carbocycles. The third-order valence-electron chi connectivity index (χ3n) is 5.19. The summed E-state index contributed by atoms with van der Waals surface area (Å²) in [4.78, 5) is 5.73. The smallest absolute Gasteiger partial charge is 0.212 e. The van der Waals surface area contributed by atoms with Crippen LogP contribution in [0, 0.1) is 5.95 Å². The van der Waals surface area contributed by atoms with Crippen molar-refractivity contribution in [1.29, 1.82) is 0 Å². The molecule has 3 N–H and O–H groups in total. The third-order valence-corrected chi connectivity index (χ3v) is 6.69. The van der Waals surface area contributed by atoms with E-state index in [0.29, 0.717) is 17.0 Å². The molecule has 0 unspecified atom stereocenters. The molecule has 2 aromatic heterocycles. The zero-order valence-corrected chi connectivity index (χ0v) is 19.5. The average Bonchev–Trinajstić information content (AvgIpc) is 3.27. The maximum atomic E-state index is 13.0. The summed E-state index contributed by atoms with van der Waals surface area (Å²) in [6.07, 6.45) is -1.07. The number of hydrogen-bond acceptors (Lipinski definition) is 6. The normalized spacial score (nSPS) is 22.8. The second-order valence-electron chi connectivity index (χ2n) is 7.32. The van der Waals surface area contributed by atoms with Crippen LogP contribution in [-0.2, 0) is 11.2 Å². The lowest BCUT2D eigenvalue weighted by Gasteiger charge is -2.37. The number of rotatable bonds is 5. The van der Waals surface area contributed by atoms with Crippen LogP contribution in [0.15, 0.2) is 48.7 Å². The first-order valence-corrected chi connectivity index (χ1v) is 11.8. The predicted molar refractivity (Wildman–Crippen MR) is 124 cm³/mol. The maximum absolute atomic E-state index is 13.0. The number of pyridine rings is 1. The molecule has 0 spiro atoms. The number of aliphatic hydroxyl groups excluding tert-OH is 3. The third kappa shape index (κ3) is 5.73. The lowest BCUT2D eigenvalue weighted by atomic mass is 9.92. The minimum absolute atomic E-state index is 0.185. The van der Waals surface area contributed by atoms with Gasteiger partial charge in [0.15, 0.2) is 0 Å². The summed E-state index contributed by atoms with van der Waals surface area (Å²) >= 11 is 7.97. The Morgan fingerprint density at radius 3 is 2.62 bits per heavy atom. The first kappa shape index (κ1) is 24.8. The van der Waals surface area contributed by atoms with Crippen LogP contribution < -0.4 is 0 Å². The Labute approximate surface area is 196 Å². The van der Waals surface area contributed by atoms with Gasteiger partial charge in [0.05, 0.1) is 18.8 Å². The Kier molecular flexibility index (Phi) is 8.76. The highest BCUT2D eigenvalue weighted by atomic mass is 35.5. The average molecular weight is 480 g/mol. The van der Waals surface area contributed by atoms with Crippen LogP contribution in [0.25, 0.3) is 10.4 Å². The van der Waals surface area contributed by atoms with Gasteiger partial charge in [-0.15, -0.1) is 11.3 Å². The molecule has 0 saturated carbocycles. The molecule has 5 nitrogen and oxygen atoms in total. The molecule has 0 radical (unpaired) electrons. The van der Waals surface area contributed by atoms with Gasteiger partial charge in [0.1, 0.15) is 12.2 Å². The lowest BCUT2D eigenvalue weighted by Crippen LogP contribution is -2.44. The molecule has 3 heterocycles. The standard InChI is InChI=1S/C22H21ClFNO4S.C2H6/c23-17-4-1-12(22-21(28)18(27)9-15(11-26)29-22)7-14(17)8-16-3-5-19(30-16)13-2-6-20(24)25-10-13;1-2/h1-7,10,15,18,21-22,26-28H,8-9,11H2;1-2H3/t15-,18-,21+,22-;/m0./s1. The van der Waals surface area contributed by atoms with Crippen LogP contribution >= 0.6 is 22.9 Å². The fourth-order valence-electron chi connectivity index (χ4n) is 3.59. The minimum Gasteiger partial charge on any atom is -0.394 e. The zero-order chi connectivity index (χ0) is 23.3. The number of aromatic nitrogens is 1. The summed E-state index contributed by atoms with van der Waals surface area (Å²) in [6, 6.07) is 12.3. The van der Waals surface area contributed by atoms with E-state index in [-0.39, 0.29) is 13.0 Å². The van der Waals surface area contributed by atoms with Crippen molar-refractivity contribution in [2.75, 3.05) is 6.61 Å². The highest BCUT2D eigenvalue weighted by molar-refractivity contribution is 7.15. The van der Waals surface area contributed by atoms with E-state index in [1.54, 1.807) is 29.5 Å². The molecule has 3 aromatic rings. The molecule has 1 fully saturated rings. The molecule has 1 saturated heterocycles. The monoisotopic (exact) mass is 479 g/mol. The first-order chi connectivity index (χ1) is 15.4. The van der Waals surface area contributed by atoms with Crippen molar-refractivity contribution in [2.24, 2.45) is 0 Å². The number of aliphatic hydroxyl groups is 3. The van der Waals surface area contributed by atoms with Crippen molar-refractivity contribution >= 4 is 22.9 Å². The van der Waals surface area contributed by atoms with Gasteiger partial charge in [-0.3, -0.25) is 0 Å². The van der Waals surface area contributed by atoms with Crippen molar-refractivity contribution in [3.05, 3.63) is 75.6 Å². The van der Waals surface area contributed by atoms with E-state index in [2.05, 4.69) is 4.98 Å². The molecular formula is C24H27ClFNO4S. The van der Waals surface area contributed by atoms with E-state index in [0.717, 1.165) is 20.9 Å². The number of hydrogen-bond donors (Lipinski definition) is 3. The van der Waals surface area contributed by atoms with Gasteiger partial charge in [0.25, 0.3) is 0 Å². The molecule has 0 amide bonds. The van der Waals surface area contributed by atoms with E-state index < -0.39 is 30.4 Å². The number of halogens is 2. The molecule has 1 aliphatic heterocycles. The number of ether oxygens (including phenoxy) is 1. The highest BCUT2D eigenvalue weighted by Crippen LogP contribution is 2.35. The topological polar surface area (TPSA) is 82.8 Å². The minimum atomic E-state index is -1.08. The highest BCUT2D eigenvalue weighted by Gasteiger charge is 2.37. The van der Waals surface area contributed by atoms with Crippen molar-refractivity contribution in [2.45, 2.75) is 51.1 Å². The van der Waals surface area contributed by atoms with Crippen LogP contribution in [0.4, 0.5) is 4.39 Å². The van der Waals surface area contributed by atoms with Crippen LogP contribution in [0.3, 0.4) is 0 Å². The quantitative estimate of drug-likeness (QED) is 0.459. The maximum Gasteiger partial charge on any atom is 0.212 e. The summed E-state index contributed by atoms with van der Waals surface area (Å²) in [7, 11) is 0. The van der Waals surface area contributed by atoms with E-state index in [1.165, 1.54) is 12.3 Å². The van der Waals surface area contributed by atoms with E-state index >= 15 is 0 Å². The largest absolute Gasteiger partial charge is 0.394 e. The van der Waals surface area contributed by atoms with Crippen LogP contribution in [0.2, 0.25) is 5.02 Å². The SMILES string of the molecule is CC.OC[C@@H]1C[C@H](O)[C@@H](O)[C@H](c2ccc(Cl)c(Cc3ccc(-c4ccc(F)nc4)s3)c2)O1. The molecule has 1 aliphatic rings. The Morgan fingerprint density at radius 1 is 1.16 bits per heavy atom.